The first-order valence-corrected chi connectivity index (χ1v) is 4.30. The summed E-state index contributed by atoms with van der Waals surface area (Å²) in [6.07, 6.45) is 1.59. The highest BCUT2D eigenvalue weighted by Crippen LogP contribution is 2.18. The van der Waals surface area contributed by atoms with Crippen LogP contribution in [0.3, 0.4) is 0 Å². The number of aromatic amines is 2. The number of rotatable bonds is 0. The molecule has 3 aromatic rings. The lowest BCUT2D eigenvalue weighted by Crippen LogP contribution is -1.97. The number of nitrogens with one attached hydrogen (secondary N) is 2. The molecule has 0 saturated carbocycles. The molecule has 0 aliphatic carbocycles. The number of halogens is 1. The zero-order chi connectivity index (χ0) is 9.54. The van der Waals surface area contributed by atoms with Crippen molar-refractivity contribution < 1.29 is 0 Å². The third-order valence-corrected chi connectivity index (χ3v) is 2.32. The summed E-state index contributed by atoms with van der Waals surface area (Å²) in [5.41, 5.74) is 1.58. The van der Waals surface area contributed by atoms with Crippen LogP contribution < -0.4 is 5.56 Å². The zero-order valence-corrected chi connectivity index (χ0v) is 8.47. The summed E-state index contributed by atoms with van der Waals surface area (Å²) in [7, 11) is 0. The van der Waals surface area contributed by atoms with Gasteiger partial charge in [-0.25, -0.2) is 0 Å². The molecule has 0 amide bonds. The van der Waals surface area contributed by atoms with Crippen molar-refractivity contribution in [3.05, 3.63) is 40.8 Å². The van der Waals surface area contributed by atoms with Gasteiger partial charge in [0.1, 0.15) is 0 Å². The first-order chi connectivity index (χ1) is 6.86. The number of para-hydroxylation sites is 1. The molecule has 4 nitrogen and oxygen atoms in total. The third kappa shape index (κ3) is 1.30. The monoisotopic (exact) mass is 221 g/mol. The van der Waals surface area contributed by atoms with E-state index in [-0.39, 0.29) is 18.0 Å². The molecule has 0 aliphatic rings. The Labute approximate surface area is 90.7 Å². The van der Waals surface area contributed by atoms with Crippen LogP contribution in [0, 0.1) is 0 Å². The highest BCUT2D eigenvalue weighted by atomic mass is 35.5. The van der Waals surface area contributed by atoms with Crippen molar-refractivity contribution in [1.82, 2.24) is 15.2 Å². The topological polar surface area (TPSA) is 61.5 Å². The molecule has 2 aromatic heterocycles. The van der Waals surface area contributed by atoms with E-state index in [2.05, 4.69) is 15.2 Å². The highest BCUT2D eigenvalue weighted by Gasteiger charge is 2.04. The molecule has 5 heteroatoms. The predicted molar refractivity (Wildman–Crippen MR) is 61.5 cm³/mol. The SMILES string of the molecule is Cl.O=c1[nH][nH]c2c1cnc1ccccc12. The van der Waals surface area contributed by atoms with Gasteiger partial charge in [0, 0.05) is 11.6 Å². The van der Waals surface area contributed by atoms with E-state index in [9.17, 15) is 4.79 Å². The van der Waals surface area contributed by atoms with E-state index in [0.29, 0.717) is 5.39 Å². The molecular weight excluding hydrogens is 214 g/mol. The minimum atomic E-state index is -0.127. The van der Waals surface area contributed by atoms with Gasteiger partial charge in [-0.3, -0.25) is 20.0 Å². The van der Waals surface area contributed by atoms with Crippen molar-refractivity contribution in [2.24, 2.45) is 0 Å². The standard InChI is InChI=1S/C10H7N3O.ClH/c14-10-7-5-11-8-4-2-1-3-6(8)9(7)12-13-10;/h1-5H,(H2,12,13,14);1H. The van der Waals surface area contributed by atoms with E-state index in [4.69, 9.17) is 0 Å². The minimum absolute atomic E-state index is 0. The number of benzene rings is 1. The van der Waals surface area contributed by atoms with Gasteiger partial charge in [-0.2, -0.15) is 0 Å². The molecule has 1 aromatic carbocycles. The molecule has 2 heterocycles. The maximum atomic E-state index is 11.3. The van der Waals surface area contributed by atoms with E-state index in [1.54, 1.807) is 6.20 Å². The van der Waals surface area contributed by atoms with Gasteiger partial charge in [-0.05, 0) is 6.07 Å². The van der Waals surface area contributed by atoms with Crippen LogP contribution in [0.2, 0.25) is 0 Å². The summed E-state index contributed by atoms with van der Waals surface area (Å²) in [6, 6.07) is 7.70. The largest absolute Gasteiger partial charge is 0.297 e. The van der Waals surface area contributed by atoms with Crippen molar-refractivity contribution in [3.8, 4) is 0 Å². The van der Waals surface area contributed by atoms with E-state index in [0.717, 1.165) is 16.4 Å². The quantitative estimate of drug-likeness (QED) is 0.608. The van der Waals surface area contributed by atoms with Gasteiger partial charge in [0.25, 0.3) is 5.56 Å². The highest BCUT2D eigenvalue weighted by molar-refractivity contribution is 6.02. The molecule has 76 valence electrons. The van der Waals surface area contributed by atoms with Gasteiger partial charge in [-0.1, -0.05) is 18.2 Å². The number of hydrogen-bond acceptors (Lipinski definition) is 2. The van der Waals surface area contributed by atoms with Crippen molar-refractivity contribution >= 4 is 34.2 Å². The van der Waals surface area contributed by atoms with Crippen LogP contribution in [0.15, 0.2) is 35.3 Å². The average molecular weight is 222 g/mol. The average Bonchev–Trinajstić information content (AvgIpc) is 2.61. The van der Waals surface area contributed by atoms with Gasteiger partial charge in [0.2, 0.25) is 0 Å². The molecule has 2 N–H and O–H groups in total. The molecule has 0 saturated heterocycles. The van der Waals surface area contributed by atoms with Crippen molar-refractivity contribution in [1.29, 1.82) is 0 Å². The molecular formula is C10H8ClN3O. The zero-order valence-electron chi connectivity index (χ0n) is 7.65. The van der Waals surface area contributed by atoms with E-state index in [1.165, 1.54) is 0 Å². The lowest BCUT2D eigenvalue weighted by molar-refractivity contribution is 1.08. The van der Waals surface area contributed by atoms with Crippen molar-refractivity contribution in [2.75, 3.05) is 0 Å². The van der Waals surface area contributed by atoms with Crippen molar-refractivity contribution in [2.45, 2.75) is 0 Å². The number of aromatic nitrogens is 3. The number of fused-ring (bicyclic) bond motifs is 3. The first-order valence-electron chi connectivity index (χ1n) is 4.30. The third-order valence-electron chi connectivity index (χ3n) is 2.32. The molecule has 0 aliphatic heterocycles. The second-order valence-electron chi connectivity index (χ2n) is 3.14. The second-order valence-corrected chi connectivity index (χ2v) is 3.14. The molecule has 0 atom stereocenters. The Hall–Kier alpha value is -1.81. The maximum Gasteiger partial charge on any atom is 0.273 e. The first kappa shape index (κ1) is 9.73. The molecule has 3 rings (SSSR count). The van der Waals surface area contributed by atoms with E-state index >= 15 is 0 Å². The van der Waals surface area contributed by atoms with Crippen LogP contribution in [0.25, 0.3) is 21.8 Å². The lowest BCUT2D eigenvalue weighted by Gasteiger charge is -1.95. The Morgan fingerprint density at radius 1 is 1.07 bits per heavy atom. The summed E-state index contributed by atoms with van der Waals surface area (Å²) in [6.45, 7) is 0. The van der Waals surface area contributed by atoms with Gasteiger partial charge >= 0.3 is 0 Å². The Kier molecular flexibility index (Phi) is 2.21. The van der Waals surface area contributed by atoms with Crippen LogP contribution in [0.4, 0.5) is 0 Å². The maximum absolute atomic E-state index is 11.3. The second kappa shape index (κ2) is 3.40. The Balaban J connectivity index is 0.000000853. The predicted octanol–water partition coefficient (Wildman–Crippen LogP) is 1.83. The van der Waals surface area contributed by atoms with Crippen LogP contribution >= 0.6 is 12.4 Å². The normalized spacial score (nSPS) is 10.4. The number of hydrogen-bond donors (Lipinski definition) is 2. The van der Waals surface area contributed by atoms with E-state index in [1.807, 2.05) is 24.3 Å². The van der Waals surface area contributed by atoms with Gasteiger partial charge in [-0.15, -0.1) is 12.4 Å². The molecule has 0 fully saturated rings. The van der Waals surface area contributed by atoms with Crippen LogP contribution in [0.5, 0.6) is 0 Å². The molecule has 0 spiro atoms. The van der Waals surface area contributed by atoms with Gasteiger partial charge < -0.3 is 0 Å². The lowest BCUT2D eigenvalue weighted by atomic mass is 10.2. The summed E-state index contributed by atoms with van der Waals surface area (Å²) in [5.74, 6) is 0. The summed E-state index contributed by atoms with van der Waals surface area (Å²) >= 11 is 0. The summed E-state index contributed by atoms with van der Waals surface area (Å²) < 4.78 is 0. The fourth-order valence-corrected chi connectivity index (χ4v) is 1.63. The number of pyridine rings is 1. The number of nitrogens with zero attached hydrogens (tertiary/aromatic N) is 1. The number of H-pyrrole nitrogens is 2. The Bertz CT molecular complexity index is 671. The summed E-state index contributed by atoms with van der Waals surface area (Å²) in [4.78, 5) is 15.5. The van der Waals surface area contributed by atoms with Crippen molar-refractivity contribution in [3.63, 3.8) is 0 Å². The smallest absolute Gasteiger partial charge is 0.273 e. The molecule has 15 heavy (non-hydrogen) atoms. The fourth-order valence-electron chi connectivity index (χ4n) is 1.63. The van der Waals surface area contributed by atoms with E-state index < -0.39 is 0 Å². The van der Waals surface area contributed by atoms with Gasteiger partial charge in [0.15, 0.2) is 0 Å². The Morgan fingerprint density at radius 2 is 1.87 bits per heavy atom. The minimum Gasteiger partial charge on any atom is -0.297 e. The Morgan fingerprint density at radius 3 is 2.73 bits per heavy atom. The van der Waals surface area contributed by atoms with Gasteiger partial charge in [0.05, 0.1) is 16.4 Å². The summed E-state index contributed by atoms with van der Waals surface area (Å²) in [5, 5.41) is 6.96. The van der Waals surface area contributed by atoms with Crippen LogP contribution in [-0.2, 0) is 0 Å². The molecule has 0 radical (unpaired) electrons. The fraction of sp³-hybridized carbons (Fsp3) is 0. The van der Waals surface area contributed by atoms with Crippen LogP contribution in [0.1, 0.15) is 0 Å². The molecule has 0 unspecified atom stereocenters. The molecule has 0 bridgehead atoms. The van der Waals surface area contributed by atoms with Crippen LogP contribution in [-0.4, -0.2) is 15.2 Å².